The van der Waals surface area contributed by atoms with E-state index in [1.54, 1.807) is 36.4 Å². The first kappa shape index (κ1) is 29.4. The zero-order valence-electron chi connectivity index (χ0n) is 22.3. The van der Waals surface area contributed by atoms with Gasteiger partial charge in [0, 0.05) is 23.4 Å². The molecule has 4 nitrogen and oxygen atoms in total. The van der Waals surface area contributed by atoms with Crippen LogP contribution in [0.2, 0.25) is 0 Å². The van der Waals surface area contributed by atoms with Crippen molar-refractivity contribution in [1.29, 1.82) is 0 Å². The van der Waals surface area contributed by atoms with Crippen molar-refractivity contribution in [3.63, 3.8) is 0 Å². The van der Waals surface area contributed by atoms with Crippen LogP contribution in [-0.2, 0) is 0 Å². The van der Waals surface area contributed by atoms with Crippen molar-refractivity contribution in [2.75, 3.05) is 11.9 Å². The maximum Gasteiger partial charge on any atom is 0.258 e. The molecule has 2 aromatic carbocycles. The number of carbonyl (C=O) groups is 2. The van der Waals surface area contributed by atoms with Crippen LogP contribution >= 0.6 is 0 Å². The molecule has 0 unspecified atom stereocenters. The summed E-state index contributed by atoms with van der Waals surface area (Å²) >= 11 is 0. The van der Waals surface area contributed by atoms with E-state index in [0.717, 1.165) is 18.7 Å². The minimum Gasteiger partial charge on any atom is -0.385 e. The molecule has 0 aromatic heterocycles. The van der Waals surface area contributed by atoms with Crippen molar-refractivity contribution in [2.24, 2.45) is 0 Å². The number of hydrogen-bond donors (Lipinski definition) is 2. The van der Waals surface area contributed by atoms with E-state index in [-0.39, 0.29) is 11.8 Å². The van der Waals surface area contributed by atoms with Gasteiger partial charge in [0.15, 0.2) is 0 Å². The number of amides is 2. The molecular weight excluding hydrogens is 444 g/mol. The molecule has 0 saturated carbocycles. The number of anilines is 1. The Hall–Kier alpha value is -2.88. The van der Waals surface area contributed by atoms with Crippen LogP contribution < -0.4 is 10.6 Å². The first-order valence-electron chi connectivity index (χ1n) is 14.1. The van der Waals surface area contributed by atoms with Crippen LogP contribution in [0.15, 0.2) is 66.7 Å². The summed E-state index contributed by atoms with van der Waals surface area (Å²) in [4.78, 5) is 24.4. The maximum absolute atomic E-state index is 12.3. The van der Waals surface area contributed by atoms with Gasteiger partial charge in [-0.3, -0.25) is 14.9 Å². The van der Waals surface area contributed by atoms with Crippen molar-refractivity contribution in [1.82, 2.24) is 5.32 Å². The summed E-state index contributed by atoms with van der Waals surface area (Å²) in [7, 11) is 0. The van der Waals surface area contributed by atoms with Crippen LogP contribution in [0.1, 0.15) is 118 Å². The van der Waals surface area contributed by atoms with E-state index >= 15 is 0 Å². The molecule has 0 atom stereocenters. The number of rotatable bonds is 19. The third-order valence-electron chi connectivity index (χ3n) is 6.43. The van der Waals surface area contributed by atoms with Crippen LogP contribution in [0.3, 0.4) is 0 Å². The number of allylic oxidation sites excluding steroid dienone is 2. The number of nitrogens with one attached hydrogen (secondary N) is 2. The van der Waals surface area contributed by atoms with Crippen molar-refractivity contribution in [3.05, 3.63) is 77.9 Å². The molecule has 0 aliphatic carbocycles. The molecule has 2 aromatic rings. The lowest BCUT2D eigenvalue weighted by Crippen LogP contribution is -2.30. The van der Waals surface area contributed by atoms with Crippen LogP contribution in [0.5, 0.6) is 0 Å². The molecular formula is C32H46N2O2. The highest BCUT2D eigenvalue weighted by Gasteiger charge is 2.11. The average Bonchev–Trinajstić information content (AvgIpc) is 2.91. The summed E-state index contributed by atoms with van der Waals surface area (Å²) in [6, 6.07) is 16.0. The summed E-state index contributed by atoms with van der Waals surface area (Å²) in [5, 5.41) is 5.85. The Bertz CT molecular complexity index is 875. The van der Waals surface area contributed by atoms with Crippen molar-refractivity contribution >= 4 is 17.5 Å². The number of unbranched alkanes of at least 4 members (excludes halogenated alkanes) is 12. The SMILES string of the molecule is CCCCCCCCC=CCCCCCCCCNc1ccc(C(=O)NC(=O)c2ccccc2)cc1. The van der Waals surface area contributed by atoms with Gasteiger partial charge >= 0.3 is 0 Å². The second-order valence-electron chi connectivity index (χ2n) is 9.59. The fraction of sp³-hybridized carbons (Fsp3) is 0.500. The van der Waals surface area contributed by atoms with Gasteiger partial charge in [-0.25, -0.2) is 0 Å². The zero-order chi connectivity index (χ0) is 25.7. The summed E-state index contributed by atoms with van der Waals surface area (Å²) in [6.07, 6.45) is 23.1. The molecule has 0 aliphatic rings. The van der Waals surface area contributed by atoms with E-state index in [4.69, 9.17) is 0 Å². The third kappa shape index (κ3) is 13.3. The topological polar surface area (TPSA) is 58.2 Å². The van der Waals surface area contributed by atoms with E-state index < -0.39 is 0 Å². The van der Waals surface area contributed by atoms with E-state index in [1.165, 1.54) is 83.5 Å². The molecule has 0 aliphatic heterocycles. The van der Waals surface area contributed by atoms with Gasteiger partial charge in [-0.1, -0.05) is 95.1 Å². The predicted octanol–water partition coefficient (Wildman–Crippen LogP) is 8.71. The Morgan fingerprint density at radius 3 is 1.69 bits per heavy atom. The molecule has 4 heteroatoms. The monoisotopic (exact) mass is 490 g/mol. The van der Waals surface area contributed by atoms with Crippen molar-refractivity contribution < 1.29 is 9.59 Å². The summed E-state index contributed by atoms with van der Waals surface area (Å²) in [5.74, 6) is -0.772. The minimum absolute atomic E-state index is 0.385. The molecule has 196 valence electrons. The number of imide groups is 1. The van der Waals surface area contributed by atoms with Crippen molar-refractivity contribution in [3.8, 4) is 0 Å². The lowest BCUT2D eigenvalue weighted by Gasteiger charge is -2.08. The Balaban J connectivity index is 1.45. The fourth-order valence-corrected chi connectivity index (χ4v) is 4.18. The molecule has 2 rings (SSSR count). The van der Waals surface area contributed by atoms with Gasteiger partial charge < -0.3 is 5.32 Å². The normalized spacial score (nSPS) is 11.0. The smallest absolute Gasteiger partial charge is 0.258 e. The Labute approximate surface area is 219 Å². The number of carbonyl (C=O) groups excluding carboxylic acids is 2. The van der Waals surface area contributed by atoms with Crippen LogP contribution in [0.4, 0.5) is 5.69 Å². The molecule has 0 spiro atoms. The Morgan fingerprint density at radius 2 is 1.11 bits per heavy atom. The Kier molecular flexibility index (Phi) is 15.8. The van der Waals surface area contributed by atoms with Gasteiger partial charge in [-0.05, 0) is 68.5 Å². The summed E-state index contributed by atoms with van der Waals surface area (Å²) in [5.41, 5.74) is 1.94. The summed E-state index contributed by atoms with van der Waals surface area (Å²) < 4.78 is 0. The lowest BCUT2D eigenvalue weighted by molar-refractivity contribution is 0.0849. The fourth-order valence-electron chi connectivity index (χ4n) is 4.18. The highest BCUT2D eigenvalue weighted by atomic mass is 16.2. The number of hydrogen-bond acceptors (Lipinski definition) is 3. The molecule has 0 radical (unpaired) electrons. The molecule has 0 heterocycles. The number of benzene rings is 2. The highest BCUT2D eigenvalue weighted by Crippen LogP contribution is 2.12. The lowest BCUT2D eigenvalue weighted by atomic mass is 10.1. The quantitative estimate of drug-likeness (QED) is 0.118. The first-order chi connectivity index (χ1) is 17.7. The van der Waals surface area contributed by atoms with Gasteiger partial charge in [-0.2, -0.15) is 0 Å². The average molecular weight is 491 g/mol. The van der Waals surface area contributed by atoms with E-state index in [9.17, 15) is 9.59 Å². The van der Waals surface area contributed by atoms with E-state index in [0.29, 0.717) is 11.1 Å². The van der Waals surface area contributed by atoms with Gasteiger partial charge in [0.2, 0.25) is 0 Å². The second kappa shape index (κ2) is 19.3. The minimum atomic E-state index is -0.386. The van der Waals surface area contributed by atoms with Gasteiger partial charge in [0.1, 0.15) is 0 Å². The first-order valence-corrected chi connectivity index (χ1v) is 14.1. The second-order valence-corrected chi connectivity index (χ2v) is 9.59. The molecule has 2 N–H and O–H groups in total. The zero-order valence-corrected chi connectivity index (χ0v) is 22.3. The van der Waals surface area contributed by atoms with Crippen molar-refractivity contribution in [2.45, 2.75) is 96.8 Å². The largest absolute Gasteiger partial charge is 0.385 e. The molecule has 36 heavy (non-hydrogen) atoms. The molecule has 0 bridgehead atoms. The van der Waals surface area contributed by atoms with Crippen LogP contribution in [0.25, 0.3) is 0 Å². The molecule has 0 fully saturated rings. The van der Waals surface area contributed by atoms with Crippen LogP contribution in [-0.4, -0.2) is 18.4 Å². The van der Waals surface area contributed by atoms with Crippen LogP contribution in [0, 0.1) is 0 Å². The predicted molar refractivity (Wildman–Crippen MR) is 153 cm³/mol. The standard InChI is InChI=1S/C32H46N2O2/c1-2-3-4-5-6-7-8-9-10-11-12-13-14-15-16-20-27-33-30-25-23-29(24-26-30)32(36)34-31(35)28-21-18-17-19-22-28/h9-10,17-19,21-26,33H,2-8,11-16,20,27H2,1H3,(H,34,35,36). The molecule has 2 amide bonds. The van der Waals surface area contributed by atoms with Gasteiger partial charge in [0.05, 0.1) is 0 Å². The Morgan fingerprint density at radius 1 is 0.611 bits per heavy atom. The van der Waals surface area contributed by atoms with Gasteiger partial charge in [-0.15, -0.1) is 0 Å². The van der Waals surface area contributed by atoms with E-state index in [1.807, 2.05) is 18.2 Å². The molecule has 0 saturated heterocycles. The van der Waals surface area contributed by atoms with Gasteiger partial charge in [0.25, 0.3) is 11.8 Å². The highest BCUT2D eigenvalue weighted by molar-refractivity contribution is 6.10. The maximum atomic E-state index is 12.3. The van der Waals surface area contributed by atoms with E-state index in [2.05, 4.69) is 29.7 Å². The summed E-state index contributed by atoms with van der Waals surface area (Å²) in [6.45, 7) is 3.20. The third-order valence-corrected chi connectivity index (χ3v) is 6.43.